The van der Waals surface area contributed by atoms with Crippen LogP contribution in [0.25, 0.3) is 28.2 Å². The second-order valence-corrected chi connectivity index (χ2v) is 8.07. The van der Waals surface area contributed by atoms with E-state index in [4.69, 9.17) is 28.2 Å². The van der Waals surface area contributed by atoms with Crippen LogP contribution in [0.3, 0.4) is 0 Å². The Labute approximate surface area is 173 Å². The molecule has 5 heteroatoms. The zero-order chi connectivity index (χ0) is 19.1. The van der Waals surface area contributed by atoms with Crippen molar-refractivity contribution in [3.8, 4) is 22.5 Å². The van der Waals surface area contributed by atoms with Crippen molar-refractivity contribution in [3.05, 3.63) is 76.9 Å². The van der Waals surface area contributed by atoms with E-state index in [1.165, 1.54) is 19.3 Å². The molecule has 0 unspecified atom stereocenters. The Kier molecular flexibility index (Phi) is 4.50. The number of anilines is 1. The summed E-state index contributed by atoms with van der Waals surface area (Å²) in [5, 5.41) is 4.71. The van der Waals surface area contributed by atoms with E-state index >= 15 is 0 Å². The van der Waals surface area contributed by atoms with Crippen LogP contribution in [0.5, 0.6) is 0 Å². The number of hydrogen-bond acceptors (Lipinski definition) is 2. The molecule has 0 radical (unpaired) electrons. The fourth-order valence-electron chi connectivity index (χ4n) is 3.66. The predicted octanol–water partition coefficient (Wildman–Crippen LogP) is 6.94. The van der Waals surface area contributed by atoms with Crippen LogP contribution in [0.2, 0.25) is 10.0 Å². The van der Waals surface area contributed by atoms with Crippen LogP contribution in [0.15, 0.2) is 66.9 Å². The van der Waals surface area contributed by atoms with Gasteiger partial charge in [0, 0.05) is 29.1 Å². The summed E-state index contributed by atoms with van der Waals surface area (Å²) >= 11 is 12.7. The van der Waals surface area contributed by atoms with Gasteiger partial charge in [-0.15, -0.1) is 0 Å². The van der Waals surface area contributed by atoms with Gasteiger partial charge >= 0.3 is 0 Å². The SMILES string of the molecule is Clc1cc(Cl)c2nc(-c3ccc(NC4CCC4)cc3)c(-c3ccccc3)n2c1. The van der Waals surface area contributed by atoms with Crippen molar-refractivity contribution in [2.45, 2.75) is 25.3 Å². The minimum atomic E-state index is 0.541. The molecule has 1 aliphatic rings. The van der Waals surface area contributed by atoms with E-state index in [-0.39, 0.29) is 0 Å². The van der Waals surface area contributed by atoms with Crippen molar-refractivity contribution in [1.82, 2.24) is 9.38 Å². The van der Waals surface area contributed by atoms with Crippen molar-refractivity contribution in [2.24, 2.45) is 0 Å². The fourth-order valence-corrected chi connectivity index (χ4v) is 4.17. The van der Waals surface area contributed by atoms with E-state index in [0.717, 1.165) is 28.2 Å². The highest BCUT2D eigenvalue weighted by Crippen LogP contribution is 2.36. The van der Waals surface area contributed by atoms with Gasteiger partial charge in [0.05, 0.1) is 21.4 Å². The van der Waals surface area contributed by atoms with Crippen molar-refractivity contribution in [3.63, 3.8) is 0 Å². The molecule has 2 aromatic carbocycles. The van der Waals surface area contributed by atoms with E-state index in [9.17, 15) is 0 Å². The first kappa shape index (κ1) is 17.6. The van der Waals surface area contributed by atoms with Crippen LogP contribution in [-0.2, 0) is 0 Å². The van der Waals surface area contributed by atoms with Gasteiger partial charge in [-0.05, 0) is 37.5 Å². The Morgan fingerprint density at radius 1 is 0.929 bits per heavy atom. The lowest BCUT2D eigenvalue weighted by molar-refractivity contribution is 0.445. The van der Waals surface area contributed by atoms with Gasteiger partial charge in [0.2, 0.25) is 0 Å². The van der Waals surface area contributed by atoms with Crippen molar-refractivity contribution < 1.29 is 0 Å². The van der Waals surface area contributed by atoms with Gasteiger partial charge in [-0.3, -0.25) is 4.40 Å². The number of benzene rings is 2. The molecule has 140 valence electrons. The highest BCUT2D eigenvalue weighted by Gasteiger charge is 2.19. The zero-order valence-electron chi connectivity index (χ0n) is 15.2. The van der Waals surface area contributed by atoms with E-state index < -0.39 is 0 Å². The number of hydrogen-bond donors (Lipinski definition) is 1. The summed E-state index contributed by atoms with van der Waals surface area (Å²) in [5.74, 6) is 0. The topological polar surface area (TPSA) is 29.3 Å². The summed E-state index contributed by atoms with van der Waals surface area (Å²) in [5.41, 5.74) is 5.86. The Morgan fingerprint density at radius 2 is 1.68 bits per heavy atom. The van der Waals surface area contributed by atoms with E-state index in [1.54, 1.807) is 6.07 Å². The monoisotopic (exact) mass is 407 g/mol. The number of fused-ring (bicyclic) bond motifs is 1. The molecule has 4 aromatic rings. The quantitative estimate of drug-likeness (QED) is 0.396. The molecule has 0 spiro atoms. The number of halogens is 2. The number of nitrogens with zero attached hydrogens (tertiary/aromatic N) is 2. The summed E-state index contributed by atoms with van der Waals surface area (Å²) in [6, 6.07) is 21.0. The second kappa shape index (κ2) is 7.16. The minimum Gasteiger partial charge on any atom is -0.382 e. The lowest BCUT2D eigenvalue weighted by Gasteiger charge is -2.27. The maximum atomic E-state index is 6.45. The van der Waals surface area contributed by atoms with Crippen molar-refractivity contribution in [1.29, 1.82) is 0 Å². The molecule has 5 rings (SSSR count). The fraction of sp³-hybridized carbons (Fsp3) is 0.174. The molecule has 1 aliphatic carbocycles. The summed E-state index contributed by atoms with van der Waals surface area (Å²) in [4.78, 5) is 4.87. The van der Waals surface area contributed by atoms with Crippen molar-refractivity contribution >= 4 is 34.5 Å². The normalized spacial score (nSPS) is 14.2. The van der Waals surface area contributed by atoms with Crippen LogP contribution < -0.4 is 5.32 Å². The summed E-state index contributed by atoms with van der Waals surface area (Å²) < 4.78 is 1.98. The Bertz CT molecular complexity index is 1130. The predicted molar refractivity (Wildman–Crippen MR) is 117 cm³/mol. The number of imidazole rings is 1. The van der Waals surface area contributed by atoms with Crippen LogP contribution in [0.1, 0.15) is 19.3 Å². The molecular formula is C23H19Cl2N3. The first-order valence-corrected chi connectivity index (χ1v) is 10.2. The first-order chi connectivity index (χ1) is 13.7. The van der Waals surface area contributed by atoms with Crippen LogP contribution in [0.4, 0.5) is 5.69 Å². The molecule has 2 heterocycles. The summed E-state index contributed by atoms with van der Waals surface area (Å²) in [6.07, 6.45) is 5.70. The number of rotatable bonds is 4. The maximum absolute atomic E-state index is 6.45. The van der Waals surface area contributed by atoms with Crippen LogP contribution in [-0.4, -0.2) is 15.4 Å². The molecule has 28 heavy (non-hydrogen) atoms. The van der Waals surface area contributed by atoms with Crippen LogP contribution in [0, 0.1) is 0 Å². The lowest BCUT2D eigenvalue weighted by atomic mass is 9.93. The van der Waals surface area contributed by atoms with Gasteiger partial charge in [0.15, 0.2) is 5.65 Å². The smallest absolute Gasteiger partial charge is 0.156 e. The molecule has 0 atom stereocenters. The Balaban J connectivity index is 1.65. The average Bonchev–Trinajstić information content (AvgIpc) is 3.05. The molecule has 0 amide bonds. The van der Waals surface area contributed by atoms with Gasteiger partial charge in [0.1, 0.15) is 0 Å². The van der Waals surface area contributed by atoms with E-state index in [0.29, 0.717) is 21.7 Å². The van der Waals surface area contributed by atoms with Gasteiger partial charge in [0.25, 0.3) is 0 Å². The molecule has 0 aliphatic heterocycles. The molecular weight excluding hydrogens is 389 g/mol. The molecule has 1 saturated carbocycles. The Hall–Kier alpha value is -2.49. The zero-order valence-corrected chi connectivity index (χ0v) is 16.7. The second-order valence-electron chi connectivity index (χ2n) is 7.22. The van der Waals surface area contributed by atoms with Gasteiger partial charge < -0.3 is 5.32 Å². The molecule has 2 aromatic heterocycles. The largest absolute Gasteiger partial charge is 0.382 e. The van der Waals surface area contributed by atoms with Gasteiger partial charge in [-0.2, -0.15) is 0 Å². The van der Waals surface area contributed by atoms with Crippen LogP contribution >= 0.6 is 23.2 Å². The van der Waals surface area contributed by atoms with E-state index in [1.807, 2.05) is 28.8 Å². The van der Waals surface area contributed by atoms with Crippen molar-refractivity contribution in [2.75, 3.05) is 5.32 Å². The third-order valence-electron chi connectivity index (χ3n) is 5.32. The summed E-state index contributed by atoms with van der Waals surface area (Å²) in [6.45, 7) is 0. The average molecular weight is 408 g/mol. The van der Waals surface area contributed by atoms with Gasteiger partial charge in [-0.25, -0.2) is 4.98 Å². The first-order valence-electron chi connectivity index (χ1n) is 9.48. The Morgan fingerprint density at radius 3 is 2.36 bits per heavy atom. The highest BCUT2D eigenvalue weighted by molar-refractivity contribution is 6.36. The summed E-state index contributed by atoms with van der Waals surface area (Å²) in [7, 11) is 0. The maximum Gasteiger partial charge on any atom is 0.156 e. The number of aromatic nitrogens is 2. The third-order valence-corrected chi connectivity index (χ3v) is 5.81. The van der Waals surface area contributed by atoms with E-state index in [2.05, 4.69) is 41.7 Å². The molecule has 0 saturated heterocycles. The molecule has 1 N–H and O–H groups in total. The molecule has 3 nitrogen and oxygen atoms in total. The third kappa shape index (κ3) is 3.15. The number of pyridine rings is 1. The molecule has 1 fully saturated rings. The minimum absolute atomic E-state index is 0.541. The number of nitrogens with one attached hydrogen (secondary N) is 1. The molecule has 0 bridgehead atoms. The standard InChI is InChI=1S/C23H19Cl2N3/c24-17-13-20(25)23-27-21(22(28(23)14-17)16-5-2-1-3-6-16)15-9-11-19(12-10-15)26-18-7-4-8-18/h1-3,5-6,9-14,18,26H,4,7-8H2. The lowest BCUT2D eigenvalue weighted by Crippen LogP contribution is -2.26. The van der Waals surface area contributed by atoms with Gasteiger partial charge in [-0.1, -0.05) is 65.7 Å². The highest BCUT2D eigenvalue weighted by atomic mass is 35.5.